The third-order valence-electron chi connectivity index (χ3n) is 5.48. The van der Waals surface area contributed by atoms with E-state index in [0.29, 0.717) is 11.3 Å². The molecule has 0 bridgehead atoms. The van der Waals surface area contributed by atoms with Crippen LogP contribution in [-0.4, -0.2) is 27.7 Å². The summed E-state index contributed by atoms with van der Waals surface area (Å²) in [5.41, 5.74) is 7.10. The quantitative estimate of drug-likeness (QED) is 0.428. The Bertz CT molecular complexity index is 1350. The molecule has 174 valence electrons. The molecular formula is C27H28N4O3. The van der Waals surface area contributed by atoms with Crippen molar-refractivity contribution >= 4 is 23.1 Å². The highest BCUT2D eigenvalue weighted by Crippen LogP contribution is 2.21. The number of fused-ring (bicyclic) bond motifs is 1. The highest BCUT2D eigenvalue weighted by Gasteiger charge is 2.12. The normalized spacial score (nSPS) is 10.8. The van der Waals surface area contributed by atoms with Crippen LogP contribution in [0.1, 0.15) is 38.3 Å². The van der Waals surface area contributed by atoms with Crippen LogP contribution in [0, 0.1) is 27.7 Å². The molecule has 2 aromatic heterocycles. The maximum atomic E-state index is 12.6. The van der Waals surface area contributed by atoms with Crippen molar-refractivity contribution in [2.45, 2.75) is 34.3 Å². The summed E-state index contributed by atoms with van der Waals surface area (Å²) >= 11 is 0. The van der Waals surface area contributed by atoms with Crippen LogP contribution < -0.4 is 15.4 Å². The smallest absolute Gasteiger partial charge is 0.251 e. The van der Waals surface area contributed by atoms with Gasteiger partial charge < -0.3 is 19.8 Å². The molecule has 0 aliphatic carbocycles. The topological polar surface area (TPSA) is 84.7 Å². The number of aryl methyl sites for hydroxylation is 4. The predicted molar refractivity (Wildman–Crippen MR) is 132 cm³/mol. The summed E-state index contributed by atoms with van der Waals surface area (Å²) in [6, 6.07) is 14.9. The number of amides is 2. The van der Waals surface area contributed by atoms with Crippen molar-refractivity contribution in [3.8, 4) is 5.75 Å². The highest BCUT2D eigenvalue weighted by atomic mass is 16.5. The van der Waals surface area contributed by atoms with Gasteiger partial charge in [-0.1, -0.05) is 29.8 Å². The van der Waals surface area contributed by atoms with Gasteiger partial charge in [0.1, 0.15) is 18.0 Å². The summed E-state index contributed by atoms with van der Waals surface area (Å²) in [6.07, 6.45) is 3.93. The molecule has 0 saturated heterocycles. The number of carbonyl (C=O) groups excluding carboxylic acids is 2. The standard InChI is InChI=1S/C27H28N4O3/c1-17-8-9-24-29-22(15-31(24)14-17)16-34-23-7-5-6-21(12-23)27(33)28-13-25(32)30-26-19(3)10-18(2)11-20(26)4/h5-12,14-15H,13,16H2,1-4H3,(H,28,33)(H,30,32). The van der Waals surface area contributed by atoms with Crippen molar-refractivity contribution in [3.05, 3.63) is 94.4 Å². The van der Waals surface area contributed by atoms with E-state index in [2.05, 4.69) is 15.6 Å². The van der Waals surface area contributed by atoms with E-state index in [1.165, 1.54) is 0 Å². The lowest BCUT2D eigenvalue weighted by atomic mass is 10.1. The Labute approximate surface area is 198 Å². The number of nitrogens with one attached hydrogen (secondary N) is 2. The van der Waals surface area contributed by atoms with E-state index >= 15 is 0 Å². The predicted octanol–water partition coefficient (Wildman–Crippen LogP) is 4.52. The number of hydrogen-bond donors (Lipinski definition) is 2. The zero-order chi connectivity index (χ0) is 24.2. The van der Waals surface area contributed by atoms with E-state index in [-0.39, 0.29) is 25.0 Å². The van der Waals surface area contributed by atoms with Gasteiger partial charge >= 0.3 is 0 Å². The van der Waals surface area contributed by atoms with Gasteiger partial charge in [0.25, 0.3) is 5.91 Å². The van der Waals surface area contributed by atoms with Gasteiger partial charge in [-0.05, 0) is 68.7 Å². The summed E-state index contributed by atoms with van der Waals surface area (Å²) in [6.45, 7) is 8.10. The summed E-state index contributed by atoms with van der Waals surface area (Å²) in [5, 5.41) is 5.56. The van der Waals surface area contributed by atoms with Gasteiger partial charge in [0, 0.05) is 23.6 Å². The van der Waals surface area contributed by atoms with Crippen molar-refractivity contribution in [3.63, 3.8) is 0 Å². The Kier molecular flexibility index (Phi) is 6.63. The second-order valence-corrected chi connectivity index (χ2v) is 8.53. The van der Waals surface area contributed by atoms with E-state index in [1.54, 1.807) is 24.3 Å². The zero-order valence-electron chi connectivity index (χ0n) is 19.8. The van der Waals surface area contributed by atoms with Crippen LogP contribution in [0.5, 0.6) is 5.75 Å². The number of benzene rings is 2. The molecule has 4 rings (SSSR count). The maximum absolute atomic E-state index is 12.6. The average molecular weight is 457 g/mol. The van der Waals surface area contributed by atoms with Crippen LogP contribution in [0.25, 0.3) is 5.65 Å². The molecule has 2 heterocycles. The molecule has 0 aliphatic heterocycles. The third kappa shape index (κ3) is 5.43. The van der Waals surface area contributed by atoms with E-state index in [4.69, 9.17) is 4.74 Å². The number of imidazole rings is 1. The van der Waals surface area contributed by atoms with Crippen LogP contribution in [0.15, 0.2) is 60.9 Å². The number of ether oxygens (including phenoxy) is 1. The maximum Gasteiger partial charge on any atom is 0.251 e. The first-order valence-corrected chi connectivity index (χ1v) is 11.1. The number of hydrogen-bond acceptors (Lipinski definition) is 4. The lowest BCUT2D eigenvalue weighted by molar-refractivity contribution is -0.115. The molecule has 0 saturated carbocycles. The molecule has 0 unspecified atom stereocenters. The minimum atomic E-state index is -0.346. The number of rotatable bonds is 7. The summed E-state index contributed by atoms with van der Waals surface area (Å²) in [5.74, 6) is -0.0738. The van der Waals surface area contributed by atoms with Crippen molar-refractivity contribution in [2.75, 3.05) is 11.9 Å². The first kappa shape index (κ1) is 23.0. The number of nitrogens with zero attached hydrogens (tertiary/aromatic N) is 2. The molecule has 0 radical (unpaired) electrons. The Morgan fingerprint density at radius 2 is 1.71 bits per heavy atom. The van der Waals surface area contributed by atoms with E-state index in [9.17, 15) is 9.59 Å². The number of pyridine rings is 1. The molecule has 4 aromatic rings. The van der Waals surface area contributed by atoms with Gasteiger partial charge in [-0.15, -0.1) is 0 Å². The molecular weight excluding hydrogens is 428 g/mol. The molecule has 2 N–H and O–H groups in total. The number of carbonyl (C=O) groups is 2. The second kappa shape index (κ2) is 9.79. The Balaban J connectivity index is 1.33. The monoisotopic (exact) mass is 456 g/mol. The van der Waals surface area contributed by atoms with Gasteiger partial charge in [0.2, 0.25) is 5.91 Å². The minimum Gasteiger partial charge on any atom is -0.487 e. The van der Waals surface area contributed by atoms with Gasteiger partial charge in [-0.3, -0.25) is 9.59 Å². The van der Waals surface area contributed by atoms with E-state index in [1.807, 2.05) is 68.8 Å². The van der Waals surface area contributed by atoms with Crippen LogP contribution in [0.2, 0.25) is 0 Å². The van der Waals surface area contributed by atoms with Gasteiger partial charge in [0.15, 0.2) is 0 Å². The van der Waals surface area contributed by atoms with Crippen LogP contribution >= 0.6 is 0 Å². The first-order valence-electron chi connectivity index (χ1n) is 11.1. The number of anilines is 1. The molecule has 0 spiro atoms. The summed E-state index contributed by atoms with van der Waals surface area (Å²) < 4.78 is 7.81. The van der Waals surface area contributed by atoms with Gasteiger partial charge in [-0.2, -0.15) is 0 Å². The third-order valence-corrected chi connectivity index (χ3v) is 5.48. The largest absolute Gasteiger partial charge is 0.487 e. The Morgan fingerprint density at radius 1 is 0.941 bits per heavy atom. The van der Waals surface area contributed by atoms with Gasteiger partial charge in [0.05, 0.1) is 12.2 Å². The molecule has 0 aliphatic rings. The minimum absolute atomic E-state index is 0.128. The fraction of sp³-hybridized carbons (Fsp3) is 0.222. The van der Waals surface area contributed by atoms with Crippen molar-refractivity contribution in [1.82, 2.24) is 14.7 Å². The average Bonchev–Trinajstić information content (AvgIpc) is 3.20. The Hall–Kier alpha value is -4.13. The lowest BCUT2D eigenvalue weighted by Crippen LogP contribution is -2.33. The van der Waals surface area contributed by atoms with Gasteiger partial charge in [-0.25, -0.2) is 4.98 Å². The van der Waals surface area contributed by atoms with Crippen molar-refractivity contribution in [1.29, 1.82) is 0 Å². The van der Waals surface area contributed by atoms with Crippen LogP contribution in [0.3, 0.4) is 0 Å². The molecule has 7 nitrogen and oxygen atoms in total. The highest BCUT2D eigenvalue weighted by molar-refractivity contribution is 6.00. The van der Waals surface area contributed by atoms with Crippen molar-refractivity contribution in [2.24, 2.45) is 0 Å². The molecule has 34 heavy (non-hydrogen) atoms. The molecule has 7 heteroatoms. The second-order valence-electron chi connectivity index (χ2n) is 8.53. The Morgan fingerprint density at radius 3 is 2.47 bits per heavy atom. The lowest BCUT2D eigenvalue weighted by Gasteiger charge is -2.13. The first-order chi connectivity index (χ1) is 16.3. The molecule has 2 aromatic carbocycles. The van der Waals surface area contributed by atoms with E-state index in [0.717, 1.165) is 39.3 Å². The van der Waals surface area contributed by atoms with Crippen molar-refractivity contribution < 1.29 is 14.3 Å². The van der Waals surface area contributed by atoms with Crippen LogP contribution in [-0.2, 0) is 11.4 Å². The van der Waals surface area contributed by atoms with E-state index < -0.39 is 0 Å². The van der Waals surface area contributed by atoms with Crippen LogP contribution in [0.4, 0.5) is 5.69 Å². The summed E-state index contributed by atoms with van der Waals surface area (Å²) in [7, 11) is 0. The summed E-state index contributed by atoms with van der Waals surface area (Å²) in [4.78, 5) is 29.5. The number of aromatic nitrogens is 2. The SMILES string of the molecule is Cc1cc(C)c(NC(=O)CNC(=O)c2cccc(OCc3cn4cc(C)ccc4n3)c2)c(C)c1. The molecule has 2 amide bonds. The zero-order valence-corrected chi connectivity index (χ0v) is 19.8. The molecule has 0 atom stereocenters. The molecule has 0 fully saturated rings. The fourth-order valence-corrected chi connectivity index (χ4v) is 3.93. The fourth-order valence-electron chi connectivity index (χ4n) is 3.93.